The summed E-state index contributed by atoms with van der Waals surface area (Å²) in [6.45, 7) is 12.5. The van der Waals surface area contributed by atoms with Crippen LogP contribution in [0.2, 0.25) is 0 Å². The fourth-order valence-corrected chi connectivity index (χ4v) is 2.44. The highest BCUT2D eigenvalue weighted by atomic mass is 32.1. The van der Waals surface area contributed by atoms with Crippen molar-refractivity contribution in [1.29, 1.82) is 0 Å². The van der Waals surface area contributed by atoms with Gasteiger partial charge in [0.2, 0.25) is 5.01 Å². The van der Waals surface area contributed by atoms with Crippen molar-refractivity contribution in [1.82, 2.24) is 0 Å². The van der Waals surface area contributed by atoms with Crippen LogP contribution in [0, 0.1) is 6.92 Å². The molecule has 0 aliphatic heterocycles. The lowest BCUT2D eigenvalue weighted by Crippen LogP contribution is -2.34. The third-order valence-corrected chi connectivity index (χ3v) is 3.89. The number of thiazole rings is 1. The summed E-state index contributed by atoms with van der Waals surface area (Å²) < 4.78 is 2.40. The van der Waals surface area contributed by atoms with Crippen molar-refractivity contribution >= 4 is 11.3 Å². The Morgan fingerprint density at radius 2 is 2.00 bits per heavy atom. The normalized spacial score (nSPS) is 12.1. The third kappa shape index (κ3) is 2.81. The zero-order valence-corrected chi connectivity index (χ0v) is 10.9. The molecule has 0 atom stereocenters. The topological polar surface area (TPSA) is 3.88 Å². The maximum absolute atomic E-state index is 2.40. The highest BCUT2D eigenvalue weighted by Gasteiger charge is 2.22. The SMILES string of the molecule is CCCC[n+]1cc(C(C)(C)C)sc1C. The molecule has 0 fully saturated rings. The third-order valence-electron chi connectivity index (χ3n) is 2.43. The molecular weight excluding hydrogens is 190 g/mol. The molecule has 1 aromatic heterocycles. The van der Waals surface area contributed by atoms with E-state index in [-0.39, 0.29) is 0 Å². The molecule has 0 unspecified atom stereocenters. The molecule has 80 valence electrons. The van der Waals surface area contributed by atoms with Crippen LogP contribution in [-0.4, -0.2) is 0 Å². The molecular formula is C12H22NS+. The van der Waals surface area contributed by atoms with Crippen molar-refractivity contribution in [2.45, 2.75) is 59.4 Å². The molecule has 0 N–H and O–H groups in total. The molecule has 0 radical (unpaired) electrons. The minimum atomic E-state index is 0.299. The minimum absolute atomic E-state index is 0.299. The second-order valence-electron chi connectivity index (χ2n) is 4.91. The Bertz CT molecular complexity index is 294. The van der Waals surface area contributed by atoms with Crippen LogP contribution in [0.3, 0.4) is 0 Å². The van der Waals surface area contributed by atoms with E-state index >= 15 is 0 Å². The Hall–Kier alpha value is -0.370. The molecule has 2 heteroatoms. The van der Waals surface area contributed by atoms with E-state index in [4.69, 9.17) is 0 Å². The maximum atomic E-state index is 2.40. The average molecular weight is 212 g/mol. The van der Waals surface area contributed by atoms with Crippen LogP contribution in [0.1, 0.15) is 50.4 Å². The van der Waals surface area contributed by atoms with Gasteiger partial charge in [-0.3, -0.25) is 0 Å². The van der Waals surface area contributed by atoms with Crippen LogP contribution in [0.25, 0.3) is 0 Å². The van der Waals surface area contributed by atoms with Crippen molar-refractivity contribution in [3.8, 4) is 0 Å². The second-order valence-corrected chi connectivity index (χ2v) is 6.15. The first-order valence-corrected chi connectivity index (χ1v) is 6.27. The number of rotatable bonds is 3. The van der Waals surface area contributed by atoms with Crippen LogP contribution in [0.4, 0.5) is 0 Å². The fraction of sp³-hybridized carbons (Fsp3) is 0.750. The molecule has 1 rings (SSSR count). The Kier molecular flexibility index (Phi) is 3.71. The number of hydrogen-bond donors (Lipinski definition) is 0. The molecule has 0 bridgehead atoms. The van der Waals surface area contributed by atoms with Crippen molar-refractivity contribution in [2.75, 3.05) is 0 Å². The zero-order valence-electron chi connectivity index (χ0n) is 10.1. The predicted molar refractivity (Wildman–Crippen MR) is 62.9 cm³/mol. The number of unbranched alkanes of at least 4 members (excludes halogenated alkanes) is 1. The highest BCUT2D eigenvalue weighted by molar-refractivity contribution is 7.11. The summed E-state index contributed by atoms with van der Waals surface area (Å²) in [5.41, 5.74) is 0.299. The summed E-state index contributed by atoms with van der Waals surface area (Å²) in [6.07, 6.45) is 4.88. The fourth-order valence-electron chi connectivity index (χ4n) is 1.37. The monoisotopic (exact) mass is 212 g/mol. The van der Waals surface area contributed by atoms with Crippen molar-refractivity contribution in [3.63, 3.8) is 0 Å². The maximum Gasteiger partial charge on any atom is 0.234 e. The molecule has 1 nitrogen and oxygen atoms in total. The van der Waals surface area contributed by atoms with Crippen molar-refractivity contribution in [3.05, 3.63) is 16.1 Å². The largest absolute Gasteiger partial charge is 0.234 e. The lowest BCUT2D eigenvalue weighted by atomic mass is 9.95. The molecule has 1 aromatic rings. The summed E-state index contributed by atoms with van der Waals surface area (Å²) in [5, 5.41) is 1.43. The van der Waals surface area contributed by atoms with Crippen molar-refractivity contribution in [2.24, 2.45) is 0 Å². The lowest BCUT2D eigenvalue weighted by Gasteiger charge is -2.12. The minimum Gasteiger partial charge on any atom is -0.193 e. The number of aryl methyl sites for hydroxylation is 2. The predicted octanol–water partition coefficient (Wildman–Crippen LogP) is 3.44. The quantitative estimate of drug-likeness (QED) is 0.676. The van der Waals surface area contributed by atoms with Crippen LogP contribution in [0.15, 0.2) is 6.20 Å². The Balaban J connectivity index is 2.82. The first-order valence-electron chi connectivity index (χ1n) is 5.45. The van der Waals surface area contributed by atoms with E-state index in [0.717, 1.165) is 0 Å². The number of aromatic nitrogens is 1. The zero-order chi connectivity index (χ0) is 10.8. The van der Waals surface area contributed by atoms with Gasteiger partial charge >= 0.3 is 0 Å². The van der Waals surface area contributed by atoms with Crippen LogP contribution in [0.5, 0.6) is 0 Å². The van der Waals surface area contributed by atoms with Gasteiger partial charge in [-0.1, -0.05) is 45.5 Å². The number of hydrogen-bond acceptors (Lipinski definition) is 1. The molecule has 14 heavy (non-hydrogen) atoms. The summed E-state index contributed by atoms with van der Waals surface area (Å²) in [5.74, 6) is 0. The van der Waals surface area contributed by atoms with Gasteiger partial charge in [0.15, 0.2) is 6.20 Å². The van der Waals surface area contributed by atoms with Gasteiger partial charge in [-0.15, -0.1) is 0 Å². The molecule has 0 aliphatic carbocycles. The van der Waals surface area contributed by atoms with Gasteiger partial charge in [0, 0.05) is 18.8 Å². The van der Waals surface area contributed by atoms with Crippen molar-refractivity contribution < 1.29 is 4.57 Å². The summed E-state index contributed by atoms with van der Waals surface area (Å²) >= 11 is 1.93. The second kappa shape index (κ2) is 4.43. The van der Waals surface area contributed by atoms with Gasteiger partial charge in [-0.2, -0.15) is 4.57 Å². The average Bonchev–Trinajstić information content (AvgIpc) is 2.43. The van der Waals surface area contributed by atoms with E-state index in [1.165, 1.54) is 29.3 Å². The summed E-state index contributed by atoms with van der Waals surface area (Å²) in [7, 11) is 0. The Morgan fingerprint density at radius 1 is 1.36 bits per heavy atom. The molecule has 0 saturated heterocycles. The molecule has 0 aliphatic rings. The summed E-state index contributed by atoms with van der Waals surface area (Å²) in [4.78, 5) is 1.49. The lowest BCUT2D eigenvalue weighted by molar-refractivity contribution is -0.698. The van der Waals surface area contributed by atoms with E-state index < -0.39 is 0 Å². The van der Waals surface area contributed by atoms with Gasteiger partial charge in [0.25, 0.3) is 0 Å². The molecule has 0 saturated carbocycles. The van der Waals surface area contributed by atoms with Gasteiger partial charge in [0.05, 0.1) is 4.88 Å². The first-order chi connectivity index (χ1) is 6.45. The highest BCUT2D eigenvalue weighted by Crippen LogP contribution is 2.26. The van der Waals surface area contributed by atoms with Crippen LogP contribution in [-0.2, 0) is 12.0 Å². The first kappa shape index (κ1) is 11.7. The van der Waals surface area contributed by atoms with Gasteiger partial charge < -0.3 is 0 Å². The van der Waals surface area contributed by atoms with E-state index in [0.29, 0.717) is 5.41 Å². The molecule has 0 amide bonds. The number of nitrogens with zero attached hydrogens (tertiary/aromatic N) is 1. The van der Waals surface area contributed by atoms with E-state index in [1.807, 2.05) is 11.3 Å². The standard InChI is InChI=1S/C12H22NS/c1-6-7-8-13-9-11(12(3,4)5)14-10(13)2/h9H,6-8H2,1-5H3/q+1. The molecule has 1 heterocycles. The van der Waals surface area contributed by atoms with E-state index in [9.17, 15) is 0 Å². The van der Waals surface area contributed by atoms with Crippen LogP contribution >= 0.6 is 11.3 Å². The molecule has 0 aromatic carbocycles. The van der Waals surface area contributed by atoms with Gasteiger partial charge in [-0.25, -0.2) is 0 Å². The Labute approximate surface area is 91.8 Å². The van der Waals surface area contributed by atoms with Gasteiger partial charge in [-0.05, 0) is 0 Å². The smallest absolute Gasteiger partial charge is 0.193 e. The van der Waals surface area contributed by atoms with Gasteiger partial charge in [0.1, 0.15) is 6.54 Å². The molecule has 0 spiro atoms. The van der Waals surface area contributed by atoms with E-state index in [2.05, 4.69) is 45.4 Å². The Morgan fingerprint density at radius 3 is 2.43 bits per heavy atom. The van der Waals surface area contributed by atoms with Crippen LogP contribution < -0.4 is 4.57 Å². The summed E-state index contributed by atoms with van der Waals surface area (Å²) in [6, 6.07) is 0. The van der Waals surface area contributed by atoms with E-state index in [1.54, 1.807) is 0 Å².